The van der Waals surface area contributed by atoms with E-state index in [1.807, 2.05) is 63.5 Å². The highest BCUT2D eigenvalue weighted by Gasteiger charge is 2.33. The average molecular weight is 412 g/mol. The summed E-state index contributed by atoms with van der Waals surface area (Å²) in [6.07, 6.45) is 0.162. The first-order valence-electron chi connectivity index (χ1n) is 9.73. The van der Waals surface area contributed by atoms with Crippen LogP contribution < -0.4 is 14.4 Å². The molecule has 0 saturated carbocycles. The summed E-state index contributed by atoms with van der Waals surface area (Å²) in [7, 11) is 4.06. The van der Waals surface area contributed by atoms with Crippen LogP contribution in [0.2, 0.25) is 0 Å². The molecule has 7 heteroatoms. The van der Waals surface area contributed by atoms with Crippen molar-refractivity contribution in [2.75, 3.05) is 38.7 Å². The number of carbonyl (C=O) groups excluding carboxylic acids is 1. The van der Waals surface area contributed by atoms with Gasteiger partial charge in [-0.1, -0.05) is 35.6 Å². The topological polar surface area (TPSA) is 54.9 Å². The molecule has 0 bridgehead atoms. The van der Waals surface area contributed by atoms with Gasteiger partial charge in [0, 0.05) is 6.54 Å². The Hall–Kier alpha value is -2.64. The summed E-state index contributed by atoms with van der Waals surface area (Å²) >= 11 is 1.54. The van der Waals surface area contributed by atoms with Gasteiger partial charge in [-0.2, -0.15) is 0 Å². The summed E-state index contributed by atoms with van der Waals surface area (Å²) in [6, 6.07) is 13.5. The summed E-state index contributed by atoms with van der Waals surface area (Å²) in [5.74, 6) is 1.16. The molecule has 0 fully saturated rings. The molecule has 0 unspecified atom stereocenters. The van der Waals surface area contributed by atoms with Crippen LogP contribution in [0, 0.1) is 6.92 Å². The number of carbonyl (C=O) groups is 1. The fourth-order valence-corrected chi connectivity index (χ4v) is 4.43. The van der Waals surface area contributed by atoms with Gasteiger partial charge in [0.25, 0.3) is 5.91 Å². The molecule has 0 saturated heterocycles. The number of nitrogens with zero attached hydrogens (tertiary/aromatic N) is 3. The van der Waals surface area contributed by atoms with Crippen LogP contribution >= 0.6 is 11.3 Å². The summed E-state index contributed by atoms with van der Waals surface area (Å²) in [6.45, 7) is 3.71. The molecule has 1 amide bonds. The monoisotopic (exact) mass is 411 g/mol. The van der Waals surface area contributed by atoms with E-state index in [2.05, 4.69) is 4.90 Å². The number of para-hydroxylation sites is 3. The number of amides is 1. The normalized spacial score (nSPS) is 15.7. The number of hydrogen-bond acceptors (Lipinski definition) is 6. The molecule has 1 aliphatic heterocycles. The first-order chi connectivity index (χ1) is 14.0. The lowest BCUT2D eigenvalue weighted by Crippen LogP contribution is -2.47. The molecule has 0 aliphatic carbocycles. The molecule has 3 aromatic rings. The Morgan fingerprint density at radius 1 is 1.14 bits per heavy atom. The maximum Gasteiger partial charge on any atom is 0.273 e. The van der Waals surface area contributed by atoms with Crippen molar-refractivity contribution in [3.05, 3.63) is 48.0 Å². The van der Waals surface area contributed by atoms with E-state index in [-0.39, 0.29) is 12.5 Å². The highest BCUT2D eigenvalue weighted by molar-refractivity contribution is 7.22. The fourth-order valence-electron chi connectivity index (χ4n) is 3.35. The Balaban J connectivity index is 1.61. The number of rotatable bonds is 6. The van der Waals surface area contributed by atoms with E-state index in [0.717, 1.165) is 28.7 Å². The molecule has 0 spiro atoms. The van der Waals surface area contributed by atoms with Crippen LogP contribution in [-0.2, 0) is 4.79 Å². The predicted octanol–water partition coefficient (Wildman–Crippen LogP) is 3.73. The Labute approximate surface area is 174 Å². The van der Waals surface area contributed by atoms with Crippen LogP contribution in [0.15, 0.2) is 42.5 Å². The molecule has 1 aliphatic rings. The number of hydrogen-bond donors (Lipinski definition) is 0. The molecule has 1 atom stereocenters. The maximum absolute atomic E-state index is 13.4. The molecular formula is C22H25N3O3S. The van der Waals surface area contributed by atoms with Crippen molar-refractivity contribution >= 4 is 32.6 Å². The van der Waals surface area contributed by atoms with E-state index in [4.69, 9.17) is 14.5 Å². The molecule has 4 rings (SSSR count). The second kappa shape index (κ2) is 8.39. The zero-order valence-electron chi connectivity index (χ0n) is 16.9. The molecule has 152 valence electrons. The van der Waals surface area contributed by atoms with Gasteiger partial charge >= 0.3 is 0 Å². The summed E-state index contributed by atoms with van der Waals surface area (Å²) < 4.78 is 12.8. The lowest BCUT2D eigenvalue weighted by Gasteiger charge is -2.29. The van der Waals surface area contributed by atoms with E-state index < -0.39 is 6.10 Å². The molecule has 0 radical (unpaired) electrons. The molecule has 2 heterocycles. The first kappa shape index (κ1) is 19.7. The van der Waals surface area contributed by atoms with Crippen LogP contribution in [0.1, 0.15) is 12.0 Å². The van der Waals surface area contributed by atoms with Crippen molar-refractivity contribution in [1.82, 2.24) is 9.88 Å². The highest BCUT2D eigenvalue weighted by atomic mass is 32.1. The molecule has 29 heavy (non-hydrogen) atoms. The van der Waals surface area contributed by atoms with Crippen LogP contribution in [0.25, 0.3) is 10.2 Å². The second-order valence-electron chi connectivity index (χ2n) is 7.43. The fraction of sp³-hybridized carbons (Fsp3) is 0.364. The van der Waals surface area contributed by atoms with Crippen molar-refractivity contribution in [2.24, 2.45) is 0 Å². The standard InChI is InChI=1S/C22H25N3O3S/c1-15-8-6-11-19-20(15)23-22(29-19)25(13-7-12-24(2)3)21(26)18-14-27-16-9-4-5-10-17(16)28-18/h4-6,8-11,18H,7,12-14H2,1-3H3/t18-/m0/s1. The van der Waals surface area contributed by atoms with Crippen molar-refractivity contribution < 1.29 is 14.3 Å². The van der Waals surface area contributed by atoms with Gasteiger partial charge in [-0.25, -0.2) is 4.98 Å². The van der Waals surface area contributed by atoms with Gasteiger partial charge in [0.1, 0.15) is 6.61 Å². The summed E-state index contributed by atoms with van der Waals surface area (Å²) in [5, 5.41) is 0.709. The van der Waals surface area contributed by atoms with Crippen LogP contribution in [-0.4, -0.2) is 55.7 Å². The molecule has 2 aromatic carbocycles. The van der Waals surface area contributed by atoms with E-state index in [1.165, 1.54) is 0 Å². The molecular weight excluding hydrogens is 386 g/mol. The van der Waals surface area contributed by atoms with Gasteiger partial charge in [0.15, 0.2) is 16.6 Å². The van der Waals surface area contributed by atoms with Gasteiger partial charge in [-0.05, 0) is 57.7 Å². The Kier molecular flexibility index (Phi) is 5.69. The Bertz CT molecular complexity index is 1020. The zero-order valence-corrected chi connectivity index (χ0v) is 17.7. The number of ether oxygens (including phenoxy) is 2. The first-order valence-corrected chi connectivity index (χ1v) is 10.6. The average Bonchev–Trinajstić information content (AvgIpc) is 3.15. The minimum atomic E-state index is -0.683. The van der Waals surface area contributed by atoms with E-state index >= 15 is 0 Å². The largest absolute Gasteiger partial charge is 0.485 e. The maximum atomic E-state index is 13.4. The second-order valence-corrected chi connectivity index (χ2v) is 8.44. The van der Waals surface area contributed by atoms with Gasteiger partial charge < -0.3 is 14.4 Å². The summed E-state index contributed by atoms with van der Waals surface area (Å²) in [4.78, 5) is 22.1. The third kappa shape index (κ3) is 4.21. The molecule has 0 N–H and O–H groups in total. The van der Waals surface area contributed by atoms with Gasteiger partial charge in [0.05, 0.1) is 10.2 Å². The van der Waals surface area contributed by atoms with Crippen molar-refractivity contribution in [1.29, 1.82) is 0 Å². The minimum absolute atomic E-state index is 0.116. The third-order valence-corrected chi connectivity index (χ3v) is 5.92. The van der Waals surface area contributed by atoms with E-state index in [9.17, 15) is 4.79 Å². The number of anilines is 1. The van der Waals surface area contributed by atoms with Crippen LogP contribution in [0.3, 0.4) is 0 Å². The lowest BCUT2D eigenvalue weighted by molar-refractivity contribution is -0.127. The molecule has 1 aromatic heterocycles. The number of thiazole rings is 1. The number of fused-ring (bicyclic) bond motifs is 2. The Morgan fingerprint density at radius 2 is 1.93 bits per heavy atom. The smallest absolute Gasteiger partial charge is 0.273 e. The highest BCUT2D eigenvalue weighted by Crippen LogP contribution is 2.34. The van der Waals surface area contributed by atoms with Crippen LogP contribution in [0.5, 0.6) is 11.5 Å². The van der Waals surface area contributed by atoms with E-state index in [1.54, 1.807) is 16.2 Å². The van der Waals surface area contributed by atoms with Gasteiger partial charge in [-0.15, -0.1) is 0 Å². The SMILES string of the molecule is Cc1cccc2sc(N(CCCN(C)C)C(=O)[C@@H]3COc4ccccc4O3)nc12. The minimum Gasteiger partial charge on any atom is -0.485 e. The number of benzene rings is 2. The Morgan fingerprint density at radius 3 is 2.69 bits per heavy atom. The number of aryl methyl sites for hydroxylation is 1. The van der Waals surface area contributed by atoms with E-state index in [0.29, 0.717) is 23.2 Å². The van der Waals surface area contributed by atoms with Crippen molar-refractivity contribution in [2.45, 2.75) is 19.4 Å². The van der Waals surface area contributed by atoms with Crippen LogP contribution in [0.4, 0.5) is 5.13 Å². The third-order valence-electron chi connectivity index (χ3n) is 4.88. The zero-order chi connectivity index (χ0) is 20.4. The lowest BCUT2D eigenvalue weighted by atomic mass is 10.2. The number of aromatic nitrogens is 1. The van der Waals surface area contributed by atoms with Crippen molar-refractivity contribution in [3.63, 3.8) is 0 Å². The molecule has 6 nitrogen and oxygen atoms in total. The quantitative estimate of drug-likeness (QED) is 0.619. The summed E-state index contributed by atoms with van der Waals surface area (Å²) in [5.41, 5.74) is 2.06. The van der Waals surface area contributed by atoms with Crippen molar-refractivity contribution in [3.8, 4) is 11.5 Å². The van der Waals surface area contributed by atoms with Gasteiger partial charge in [-0.3, -0.25) is 9.69 Å². The van der Waals surface area contributed by atoms with Gasteiger partial charge in [0.2, 0.25) is 6.10 Å². The predicted molar refractivity (Wildman–Crippen MR) is 116 cm³/mol.